The van der Waals surface area contributed by atoms with Crippen LogP contribution in [0.2, 0.25) is 5.02 Å². The molecular weight excluding hydrogens is 372 g/mol. The molecule has 0 atom stereocenters. The van der Waals surface area contributed by atoms with Crippen LogP contribution in [0, 0.1) is 0 Å². The number of likely N-dealkylation sites (N-methyl/N-ethyl adjacent to an activating group) is 1. The van der Waals surface area contributed by atoms with Crippen LogP contribution in [0.3, 0.4) is 0 Å². The average molecular weight is 403 g/mol. The van der Waals surface area contributed by atoms with E-state index >= 15 is 0 Å². The zero-order chi connectivity index (χ0) is 20.1. The normalized spacial score (nSPS) is 15.8. The first-order valence-corrected chi connectivity index (χ1v) is 10.1. The number of benzene rings is 1. The molecule has 1 aliphatic rings. The van der Waals surface area contributed by atoms with Crippen LogP contribution in [0.4, 0.5) is 5.69 Å². The van der Waals surface area contributed by atoms with Gasteiger partial charge in [0.15, 0.2) is 5.96 Å². The van der Waals surface area contributed by atoms with Crippen molar-refractivity contribution >= 4 is 23.2 Å². The fourth-order valence-corrected chi connectivity index (χ4v) is 3.83. The number of hydrogen-bond donors (Lipinski definition) is 1. The first-order valence-electron chi connectivity index (χ1n) is 9.72. The van der Waals surface area contributed by atoms with Gasteiger partial charge in [-0.15, -0.1) is 0 Å². The fourth-order valence-electron chi connectivity index (χ4n) is 3.60. The van der Waals surface area contributed by atoms with E-state index in [2.05, 4.69) is 75.1 Å². The summed E-state index contributed by atoms with van der Waals surface area (Å²) in [5, 5.41) is 4.29. The maximum atomic E-state index is 6.59. The number of guanidine groups is 1. The second-order valence-corrected chi connectivity index (χ2v) is 7.80. The molecule has 0 aliphatic carbocycles. The Morgan fingerprint density at radius 3 is 2.54 bits per heavy atom. The molecule has 1 aromatic heterocycles. The lowest BCUT2D eigenvalue weighted by Crippen LogP contribution is -2.45. The zero-order valence-electron chi connectivity index (χ0n) is 17.3. The summed E-state index contributed by atoms with van der Waals surface area (Å²) in [4.78, 5) is 11.4. The van der Waals surface area contributed by atoms with Gasteiger partial charge in [0.1, 0.15) is 0 Å². The quantitative estimate of drug-likeness (QED) is 0.616. The molecule has 0 bridgehead atoms. The summed E-state index contributed by atoms with van der Waals surface area (Å²) >= 11 is 6.59. The molecular formula is C21H31ClN6. The van der Waals surface area contributed by atoms with E-state index in [1.54, 1.807) is 0 Å². The largest absolute Gasteiger partial charge is 0.369 e. The average Bonchev–Trinajstić information content (AvgIpc) is 3.08. The molecule has 0 saturated carbocycles. The van der Waals surface area contributed by atoms with Gasteiger partial charge < -0.3 is 24.6 Å². The van der Waals surface area contributed by atoms with Crippen LogP contribution in [-0.4, -0.2) is 67.6 Å². The second-order valence-electron chi connectivity index (χ2n) is 7.40. The lowest BCUT2D eigenvalue weighted by atomic mass is 10.1. The van der Waals surface area contributed by atoms with Gasteiger partial charge in [0.25, 0.3) is 0 Å². The highest BCUT2D eigenvalue weighted by Crippen LogP contribution is 2.28. The molecule has 152 valence electrons. The van der Waals surface area contributed by atoms with Gasteiger partial charge in [0, 0.05) is 82.0 Å². The second kappa shape index (κ2) is 9.34. The number of aryl methyl sites for hydroxylation is 1. The van der Waals surface area contributed by atoms with E-state index in [4.69, 9.17) is 11.6 Å². The number of piperazine rings is 1. The summed E-state index contributed by atoms with van der Waals surface area (Å²) in [5.41, 5.74) is 3.58. The summed E-state index contributed by atoms with van der Waals surface area (Å²) in [7, 11) is 8.10. The molecule has 0 unspecified atom stereocenters. The molecule has 28 heavy (non-hydrogen) atoms. The molecule has 1 saturated heterocycles. The monoisotopic (exact) mass is 402 g/mol. The first-order chi connectivity index (χ1) is 13.5. The molecule has 1 fully saturated rings. The van der Waals surface area contributed by atoms with E-state index in [1.807, 2.05) is 19.2 Å². The summed E-state index contributed by atoms with van der Waals surface area (Å²) in [6, 6.07) is 10.4. The van der Waals surface area contributed by atoms with E-state index < -0.39 is 0 Å². The standard InChI is InChI=1S/C21H31ClN6/c1-23-21(27(4)16-17-7-6-10-26(17)3)24-15-18-19(22)8-5-9-20(18)28-13-11-25(2)12-14-28/h5-10H,11-16H2,1-4H3,(H,23,24). The highest BCUT2D eigenvalue weighted by molar-refractivity contribution is 6.31. The van der Waals surface area contributed by atoms with Gasteiger partial charge in [-0.25, -0.2) is 0 Å². The van der Waals surface area contributed by atoms with Crippen LogP contribution in [0.5, 0.6) is 0 Å². The van der Waals surface area contributed by atoms with Gasteiger partial charge in [-0.1, -0.05) is 17.7 Å². The van der Waals surface area contributed by atoms with E-state index in [-0.39, 0.29) is 0 Å². The van der Waals surface area contributed by atoms with Crippen molar-refractivity contribution in [2.24, 2.45) is 12.0 Å². The molecule has 1 aromatic carbocycles. The number of aromatic nitrogens is 1. The van der Waals surface area contributed by atoms with Crippen molar-refractivity contribution < 1.29 is 0 Å². The minimum absolute atomic E-state index is 0.644. The van der Waals surface area contributed by atoms with Crippen molar-refractivity contribution in [1.29, 1.82) is 0 Å². The Hall–Kier alpha value is -2.18. The van der Waals surface area contributed by atoms with E-state index in [9.17, 15) is 0 Å². The maximum Gasteiger partial charge on any atom is 0.194 e. The maximum absolute atomic E-state index is 6.59. The van der Waals surface area contributed by atoms with Crippen molar-refractivity contribution in [3.63, 3.8) is 0 Å². The van der Waals surface area contributed by atoms with Crippen molar-refractivity contribution in [3.05, 3.63) is 52.8 Å². The predicted octanol–water partition coefficient (Wildman–Crippen LogP) is 2.64. The van der Waals surface area contributed by atoms with Gasteiger partial charge in [0.05, 0.1) is 6.54 Å². The molecule has 0 radical (unpaired) electrons. The smallest absolute Gasteiger partial charge is 0.194 e. The molecule has 6 nitrogen and oxygen atoms in total. The minimum Gasteiger partial charge on any atom is -0.369 e. The van der Waals surface area contributed by atoms with Gasteiger partial charge in [-0.05, 0) is 31.3 Å². The van der Waals surface area contributed by atoms with Gasteiger partial charge in [-0.2, -0.15) is 0 Å². The number of nitrogens with one attached hydrogen (secondary N) is 1. The van der Waals surface area contributed by atoms with Crippen molar-refractivity contribution in [1.82, 2.24) is 19.7 Å². The van der Waals surface area contributed by atoms with Crippen molar-refractivity contribution in [3.8, 4) is 0 Å². The summed E-state index contributed by atoms with van der Waals surface area (Å²) in [5.74, 6) is 0.852. The Morgan fingerprint density at radius 1 is 1.14 bits per heavy atom. The van der Waals surface area contributed by atoms with E-state index in [1.165, 1.54) is 11.4 Å². The SMILES string of the molecule is CN=C(NCc1c(Cl)cccc1N1CCN(C)CC1)N(C)Cc1cccn1C. The van der Waals surface area contributed by atoms with E-state index in [0.29, 0.717) is 6.54 Å². The van der Waals surface area contributed by atoms with Gasteiger partial charge in [-0.3, -0.25) is 4.99 Å². The lowest BCUT2D eigenvalue weighted by molar-refractivity contribution is 0.312. The third kappa shape index (κ3) is 4.80. The van der Waals surface area contributed by atoms with Crippen LogP contribution in [0.25, 0.3) is 0 Å². The van der Waals surface area contributed by atoms with Crippen LogP contribution in [0.15, 0.2) is 41.5 Å². The molecule has 7 heteroatoms. The minimum atomic E-state index is 0.644. The summed E-state index contributed by atoms with van der Waals surface area (Å²) in [6.07, 6.45) is 2.06. The molecule has 1 aliphatic heterocycles. The van der Waals surface area contributed by atoms with E-state index in [0.717, 1.165) is 49.3 Å². The number of hydrogen-bond acceptors (Lipinski definition) is 3. The Kier molecular flexibility index (Phi) is 6.86. The molecule has 1 N–H and O–H groups in total. The number of anilines is 1. The number of halogens is 1. The Balaban J connectivity index is 1.69. The lowest BCUT2D eigenvalue weighted by Gasteiger charge is -2.35. The molecule has 3 rings (SSSR count). The highest BCUT2D eigenvalue weighted by Gasteiger charge is 2.19. The number of rotatable bonds is 5. The highest BCUT2D eigenvalue weighted by atomic mass is 35.5. The molecule has 2 heterocycles. The predicted molar refractivity (Wildman–Crippen MR) is 118 cm³/mol. The molecule has 0 amide bonds. The fraction of sp³-hybridized carbons (Fsp3) is 0.476. The first kappa shape index (κ1) is 20.6. The topological polar surface area (TPSA) is 39.0 Å². The molecule has 2 aromatic rings. The number of nitrogens with zero attached hydrogens (tertiary/aromatic N) is 5. The van der Waals surface area contributed by atoms with Crippen molar-refractivity contribution in [2.75, 3.05) is 52.2 Å². The van der Waals surface area contributed by atoms with Crippen LogP contribution in [0.1, 0.15) is 11.3 Å². The Bertz CT molecular complexity index is 807. The van der Waals surface area contributed by atoms with Crippen LogP contribution in [-0.2, 0) is 20.1 Å². The van der Waals surface area contributed by atoms with Crippen LogP contribution < -0.4 is 10.2 Å². The van der Waals surface area contributed by atoms with Gasteiger partial charge in [0.2, 0.25) is 0 Å². The third-order valence-electron chi connectivity index (χ3n) is 5.39. The Morgan fingerprint density at radius 2 is 1.89 bits per heavy atom. The Labute approximate surface area is 173 Å². The van der Waals surface area contributed by atoms with Crippen LogP contribution >= 0.6 is 11.6 Å². The zero-order valence-corrected chi connectivity index (χ0v) is 18.1. The number of aliphatic imine (C=N–C) groups is 1. The van der Waals surface area contributed by atoms with Crippen molar-refractivity contribution in [2.45, 2.75) is 13.1 Å². The molecule has 0 spiro atoms. The summed E-state index contributed by atoms with van der Waals surface area (Å²) < 4.78 is 2.13. The third-order valence-corrected chi connectivity index (χ3v) is 5.74. The summed E-state index contributed by atoms with van der Waals surface area (Å²) in [6.45, 7) is 5.61. The van der Waals surface area contributed by atoms with Gasteiger partial charge >= 0.3 is 0 Å².